The highest BCUT2D eigenvalue weighted by Crippen LogP contribution is 2.27. The third kappa shape index (κ3) is 3.00. The van der Waals surface area contributed by atoms with Crippen molar-refractivity contribution in [3.8, 4) is 11.3 Å². The van der Waals surface area contributed by atoms with Crippen LogP contribution in [0.25, 0.3) is 11.3 Å². The number of nitrogens with zero attached hydrogens (tertiary/aromatic N) is 2. The number of halogens is 1. The van der Waals surface area contributed by atoms with E-state index in [2.05, 4.69) is 31.2 Å². The highest BCUT2D eigenvalue weighted by molar-refractivity contribution is 9.10. The predicted molar refractivity (Wildman–Crippen MR) is 82.8 cm³/mol. The average Bonchev–Trinajstić information content (AvgIpc) is 2.89. The second-order valence-corrected chi connectivity index (χ2v) is 5.69. The van der Waals surface area contributed by atoms with Crippen LogP contribution in [0.15, 0.2) is 58.6 Å². The van der Waals surface area contributed by atoms with Crippen molar-refractivity contribution in [3.63, 3.8) is 0 Å². The standard InChI is InChI=1S/C14H10BrN3S/c15-11-5-3-10(4-6-11)13-9-19-14(18-13)17-12-2-1-7-16-8-12/h1-9H,(H,17,18). The monoisotopic (exact) mass is 331 g/mol. The number of aromatic nitrogens is 2. The Labute approximate surface area is 123 Å². The molecule has 0 bridgehead atoms. The minimum absolute atomic E-state index is 0.867. The first-order valence-electron chi connectivity index (χ1n) is 5.70. The van der Waals surface area contributed by atoms with Gasteiger partial charge >= 0.3 is 0 Å². The molecule has 1 N–H and O–H groups in total. The van der Waals surface area contributed by atoms with Crippen LogP contribution in [0.4, 0.5) is 10.8 Å². The van der Waals surface area contributed by atoms with E-state index < -0.39 is 0 Å². The van der Waals surface area contributed by atoms with Crippen molar-refractivity contribution in [1.82, 2.24) is 9.97 Å². The fraction of sp³-hybridized carbons (Fsp3) is 0. The molecular weight excluding hydrogens is 322 g/mol. The van der Waals surface area contributed by atoms with Crippen LogP contribution in [0.3, 0.4) is 0 Å². The first kappa shape index (κ1) is 12.3. The van der Waals surface area contributed by atoms with Gasteiger partial charge in [-0.15, -0.1) is 11.3 Å². The second kappa shape index (κ2) is 5.50. The molecular formula is C14H10BrN3S. The Hall–Kier alpha value is -1.72. The minimum atomic E-state index is 0.867. The molecule has 0 aliphatic heterocycles. The summed E-state index contributed by atoms with van der Waals surface area (Å²) in [6.45, 7) is 0. The van der Waals surface area contributed by atoms with Crippen molar-refractivity contribution < 1.29 is 0 Å². The van der Waals surface area contributed by atoms with Gasteiger partial charge in [0.25, 0.3) is 0 Å². The van der Waals surface area contributed by atoms with Crippen LogP contribution in [-0.2, 0) is 0 Å². The quantitative estimate of drug-likeness (QED) is 0.755. The number of anilines is 2. The topological polar surface area (TPSA) is 37.8 Å². The van der Waals surface area contributed by atoms with Gasteiger partial charge in [0.2, 0.25) is 0 Å². The molecule has 3 rings (SSSR count). The zero-order valence-electron chi connectivity index (χ0n) is 9.88. The predicted octanol–water partition coefficient (Wildman–Crippen LogP) is 4.71. The van der Waals surface area contributed by atoms with E-state index in [9.17, 15) is 0 Å². The summed E-state index contributed by atoms with van der Waals surface area (Å²) in [4.78, 5) is 8.63. The van der Waals surface area contributed by atoms with Crippen LogP contribution in [0.5, 0.6) is 0 Å². The number of benzene rings is 1. The van der Waals surface area contributed by atoms with E-state index in [1.54, 1.807) is 23.7 Å². The maximum atomic E-state index is 4.57. The lowest BCUT2D eigenvalue weighted by Gasteiger charge is -2.00. The molecule has 19 heavy (non-hydrogen) atoms. The number of hydrogen-bond donors (Lipinski definition) is 1. The smallest absolute Gasteiger partial charge is 0.187 e. The second-order valence-electron chi connectivity index (χ2n) is 3.91. The largest absolute Gasteiger partial charge is 0.330 e. The van der Waals surface area contributed by atoms with Gasteiger partial charge in [-0.05, 0) is 24.3 Å². The van der Waals surface area contributed by atoms with Crippen molar-refractivity contribution >= 4 is 38.1 Å². The average molecular weight is 332 g/mol. The summed E-state index contributed by atoms with van der Waals surface area (Å²) in [7, 11) is 0. The maximum absolute atomic E-state index is 4.57. The Morgan fingerprint density at radius 1 is 1.11 bits per heavy atom. The van der Waals surface area contributed by atoms with Gasteiger partial charge in [-0.3, -0.25) is 4.98 Å². The summed E-state index contributed by atoms with van der Waals surface area (Å²) in [5, 5.41) is 6.15. The fourth-order valence-corrected chi connectivity index (χ4v) is 2.65. The minimum Gasteiger partial charge on any atom is -0.330 e. The highest BCUT2D eigenvalue weighted by Gasteiger charge is 2.04. The summed E-state index contributed by atoms with van der Waals surface area (Å²) in [6, 6.07) is 12.0. The lowest BCUT2D eigenvalue weighted by Crippen LogP contribution is -1.89. The van der Waals surface area contributed by atoms with Crippen LogP contribution < -0.4 is 5.32 Å². The molecule has 0 spiro atoms. The molecule has 2 aromatic heterocycles. The van der Waals surface area contributed by atoms with Crippen LogP contribution in [-0.4, -0.2) is 9.97 Å². The van der Waals surface area contributed by atoms with E-state index in [4.69, 9.17) is 0 Å². The molecule has 0 unspecified atom stereocenters. The van der Waals surface area contributed by atoms with Gasteiger partial charge in [0, 0.05) is 21.6 Å². The molecule has 3 nitrogen and oxygen atoms in total. The molecule has 0 amide bonds. The van der Waals surface area contributed by atoms with Crippen LogP contribution in [0.2, 0.25) is 0 Å². The van der Waals surface area contributed by atoms with Gasteiger partial charge in [-0.25, -0.2) is 4.98 Å². The van der Waals surface area contributed by atoms with Crippen molar-refractivity contribution in [3.05, 3.63) is 58.6 Å². The summed E-state index contributed by atoms with van der Waals surface area (Å²) in [5.74, 6) is 0. The molecule has 3 aromatic rings. The number of nitrogens with one attached hydrogen (secondary N) is 1. The molecule has 0 fully saturated rings. The molecule has 94 valence electrons. The molecule has 0 saturated carbocycles. The van der Waals surface area contributed by atoms with E-state index >= 15 is 0 Å². The van der Waals surface area contributed by atoms with Gasteiger partial charge in [0.1, 0.15) is 0 Å². The van der Waals surface area contributed by atoms with Crippen molar-refractivity contribution in [2.75, 3.05) is 5.32 Å². The van der Waals surface area contributed by atoms with Gasteiger partial charge in [-0.2, -0.15) is 0 Å². The van der Waals surface area contributed by atoms with E-state index in [1.165, 1.54) is 0 Å². The molecule has 0 aliphatic carbocycles. The number of hydrogen-bond acceptors (Lipinski definition) is 4. The normalized spacial score (nSPS) is 10.4. The molecule has 5 heteroatoms. The van der Waals surface area contributed by atoms with Crippen LogP contribution in [0, 0.1) is 0 Å². The molecule has 0 aliphatic rings. The van der Waals surface area contributed by atoms with E-state index in [0.29, 0.717) is 0 Å². The maximum Gasteiger partial charge on any atom is 0.187 e. The SMILES string of the molecule is Brc1ccc(-c2csc(Nc3cccnc3)n2)cc1. The Balaban J connectivity index is 1.82. The van der Waals surface area contributed by atoms with E-state index in [-0.39, 0.29) is 0 Å². The molecule has 0 radical (unpaired) electrons. The lowest BCUT2D eigenvalue weighted by atomic mass is 10.2. The summed E-state index contributed by atoms with van der Waals surface area (Å²) < 4.78 is 1.07. The highest BCUT2D eigenvalue weighted by atomic mass is 79.9. The fourth-order valence-electron chi connectivity index (χ4n) is 1.64. The number of pyridine rings is 1. The van der Waals surface area contributed by atoms with Crippen molar-refractivity contribution in [1.29, 1.82) is 0 Å². The van der Waals surface area contributed by atoms with Crippen LogP contribution in [0.1, 0.15) is 0 Å². The summed E-state index contributed by atoms with van der Waals surface area (Å²) >= 11 is 5.01. The van der Waals surface area contributed by atoms with Crippen LogP contribution >= 0.6 is 27.3 Å². The summed E-state index contributed by atoms with van der Waals surface area (Å²) in [6.07, 6.45) is 3.53. The van der Waals surface area contributed by atoms with Gasteiger partial charge in [-0.1, -0.05) is 28.1 Å². The zero-order valence-corrected chi connectivity index (χ0v) is 12.3. The van der Waals surface area contributed by atoms with Crippen molar-refractivity contribution in [2.45, 2.75) is 0 Å². The third-order valence-electron chi connectivity index (χ3n) is 2.56. The Bertz CT molecular complexity index is 665. The van der Waals surface area contributed by atoms with E-state index in [1.807, 2.05) is 41.8 Å². The van der Waals surface area contributed by atoms with E-state index in [0.717, 1.165) is 26.5 Å². The lowest BCUT2D eigenvalue weighted by molar-refractivity contribution is 1.31. The molecule has 1 aromatic carbocycles. The zero-order chi connectivity index (χ0) is 13.1. The third-order valence-corrected chi connectivity index (χ3v) is 3.84. The van der Waals surface area contributed by atoms with Crippen molar-refractivity contribution in [2.24, 2.45) is 0 Å². The molecule has 0 atom stereocenters. The number of thiazole rings is 1. The van der Waals surface area contributed by atoms with Gasteiger partial charge in [0.15, 0.2) is 5.13 Å². The van der Waals surface area contributed by atoms with Gasteiger partial charge in [0.05, 0.1) is 17.6 Å². The first-order valence-corrected chi connectivity index (χ1v) is 7.37. The number of rotatable bonds is 3. The molecule has 0 saturated heterocycles. The Morgan fingerprint density at radius 2 is 1.95 bits per heavy atom. The summed E-state index contributed by atoms with van der Waals surface area (Å²) in [5.41, 5.74) is 3.03. The molecule has 2 heterocycles. The first-order chi connectivity index (χ1) is 9.31. The Kier molecular flexibility index (Phi) is 3.57. The Morgan fingerprint density at radius 3 is 2.68 bits per heavy atom. The van der Waals surface area contributed by atoms with Gasteiger partial charge < -0.3 is 5.32 Å².